The summed E-state index contributed by atoms with van der Waals surface area (Å²) in [5.41, 5.74) is 1.52. The van der Waals surface area contributed by atoms with Gasteiger partial charge >= 0.3 is 0 Å². The fourth-order valence-corrected chi connectivity index (χ4v) is 1.19. The number of hydrogen-bond donors (Lipinski definition) is 0. The number of fused-ring (bicyclic) bond motifs is 1. The van der Waals surface area contributed by atoms with E-state index in [0.717, 1.165) is 17.7 Å². The molecule has 5 heteroatoms. The highest BCUT2D eigenvalue weighted by Crippen LogP contribution is 2.10. The first-order valence-corrected chi connectivity index (χ1v) is 4.03. The van der Waals surface area contributed by atoms with E-state index in [-0.39, 0.29) is 0 Å². The molecule has 0 bridgehead atoms. The van der Waals surface area contributed by atoms with E-state index in [1.54, 1.807) is 10.9 Å². The van der Waals surface area contributed by atoms with E-state index in [2.05, 4.69) is 15.1 Å². The lowest BCUT2D eigenvalue weighted by molar-refractivity contribution is 0.676. The summed E-state index contributed by atoms with van der Waals surface area (Å²) in [5, 5.41) is 4.49. The van der Waals surface area contributed by atoms with Crippen molar-refractivity contribution >= 4 is 22.8 Å². The van der Waals surface area contributed by atoms with Crippen LogP contribution in [0.3, 0.4) is 0 Å². The molecule has 0 unspecified atom stereocenters. The number of aryl methyl sites for hydroxylation is 1. The van der Waals surface area contributed by atoms with Gasteiger partial charge in [-0.05, 0) is 6.92 Å². The van der Waals surface area contributed by atoms with Gasteiger partial charge in [-0.1, -0.05) is 11.6 Å². The summed E-state index contributed by atoms with van der Waals surface area (Å²) in [5.74, 6) is 0. The molecule has 0 atom stereocenters. The summed E-state index contributed by atoms with van der Waals surface area (Å²) in [4.78, 5) is 8.18. The maximum absolute atomic E-state index is 5.69. The van der Waals surface area contributed by atoms with Gasteiger partial charge in [0.2, 0.25) is 0 Å². The Morgan fingerprint density at radius 1 is 1.50 bits per heavy atom. The molecular weight excluding hydrogens is 176 g/mol. The summed E-state index contributed by atoms with van der Waals surface area (Å²) >= 11 is 5.69. The van der Waals surface area contributed by atoms with Crippen molar-refractivity contribution in [2.45, 2.75) is 13.5 Å². The zero-order valence-corrected chi connectivity index (χ0v) is 7.28. The van der Waals surface area contributed by atoms with Gasteiger partial charge in [-0.15, -0.1) is 0 Å². The first kappa shape index (κ1) is 7.49. The highest BCUT2D eigenvalue weighted by atomic mass is 35.5. The molecule has 0 aliphatic rings. The molecule has 0 aliphatic heterocycles. The predicted molar refractivity (Wildman–Crippen MR) is 46.0 cm³/mol. The van der Waals surface area contributed by atoms with Crippen LogP contribution in [0.25, 0.3) is 11.2 Å². The van der Waals surface area contributed by atoms with Crippen molar-refractivity contribution < 1.29 is 0 Å². The molecule has 2 aromatic rings. The summed E-state index contributed by atoms with van der Waals surface area (Å²) in [7, 11) is 0. The molecule has 62 valence electrons. The molecule has 0 saturated heterocycles. The standard InChI is InChI=1S/C7H7ClN4/c1-2-12-7-5(3-10-12)9-4-6(8)11-7/h3-4H,2H2,1H3. The molecule has 0 fully saturated rings. The van der Waals surface area contributed by atoms with Gasteiger partial charge in [0.25, 0.3) is 0 Å². The Morgan fingerprint density at radius 2 is 2.33 bits per heavy atom. The molecule has 12 heavy (non-hydrogen) atoms. The van der Waals surface area contributed by atoms with E-state index in [0.29, 0.717) is 5.15 Å². The molecule has 0 radical (unpaired) electrons. The highest BCUT2D eigenvalue weighted by Gasteiger charge is 2.03. The molecule has 2 aromatic heterocycles. The minimum Gasteiger partial charge on any atom is -0.248 e. The lowest BCUT2D eigenvalue weighted by Gasteiger charge is -1.95. The van der Waals surface area contributed by atoms with Gasteiger partial charge in [0, 0.05) is 6.54 Å². The second-order valence-corrected chi connectivity index (χ2v) is 2.75. The maximum Gasteiger partial charge on any atom is 0.178 e. The third-order valence-corrected chi connectivity index (χ3v) is 1.80. The monoisotopic (exact) mass is 182 g/mol. The van der Waals surface area contributed by atoms with Crippen LogP contribution in [0.15, 0.2) is 12.4 Å². The van der Waals surface area contributed by atoms with Crippen LogP contribution in [-0.2, 0) is 6.54 Å². The molecule has 0 N–H and O–H groups in total. The van der Waals surface area contributed by atoms with Crippen LogP contribution in [0.4, 0.5) is 0 Å². The van der Waals surface area contributed by atoms with Gasteiger partial charge in [0.1, 0.15) is 10.7 Å². The topological polar surface area (TPSA) is 43.6 Å². The minimum absolute atomic E-state index is 0.401. The number of rotatable bonds is 1. The molecule has 0 aliphatic carbocycles. The third-order valence-electron chi connectivity index (χ3n) is 1.62. The van der Waals surface area contributed by atoms with E-state index in [1.165, 1.54) is 6.20 Å². The van der Waals surface area contributed by atoms with Gasteiger partial charge in [-0.3, -0.25) is 0 Å². The Balaban J connectivity index is 2.75. The average molecular weight is 183 g/mol. The first-order chi connectivity index (χ1) is 5.81. The summed E-state index contributed by atoms with van der Waals surface area (Å²) in [6.45, 7) is 2.77. The minimum atomic E-state index is 0.401. The Bertz CT molecular complexity index is 409. The second kappa shape index (κ2) is 2.71. The van der Waals surface area contributed by atoms with Crippen molar-refractivity contribution in [1.82, 2.24) is 19.7 Å². The number of halogens is 1. The third kappa shape index (κ3) is 1.04. The quantitative estimate of drug-likeness (QED) is 0.672. The predicted octanol–water partition coefficient (Wildman–Crippen LogP) is 1.50. The molecular formula is C7H7ClN4. The Labute approximate surface area is 74.2 Å². The zero-order chi connectivity index (χ0) is 8.55. The van der Waals surface area contributed by atoms with Gasteiger partial charge in [0.15, 0.2) is 5.65 Å². The van der Waals surface area contributed by atoms with Gasteiger partial charge in [-0.2, -0.15) is 5.10 Å². The lowest BCUT2D eigenvalue weighted by Crippen LogP contribution is -1.97. The molecule has 2 rings (SSSR count). The largest absolute Gasteiger partial charge is 0.248 e. The van der Waals surface area contributed by atoms with Crippen molar-refractivity contribution in [3.8, 4) is 0 Å². The maximum atomic E-state index is 5.69. The average Bonchev–Trinajstić information content (AvgIpc) is 2.46. The van der Waals surface area contributed by atoms with E-state index in [9.17, 15) is 0 Å². The summed E-state index contributed by atoms with van der Waals surface area (Å²) in [6, 6.07) is 0. The van der Waals surface area contributed by atoms with Crippen molar-refractivity contribution in [3.05, 3.63) is 17.5 Å². The van der Waals surface area contributed by atoms with E-state index in [1.807, 2.05) is 6.92 Å². The van der Waals surface area contributed by atoms with Gasteiger partial charge in [-0.25, -0.2) is 14.6 Å². The van der Waals surface area contributed by atoms with Crippen LogP contribution in [0.1, 0.15) is 6.92 Å². The van der Waals surface area contributed by atoms with E-state index >= 15 is 0 Å². The number of nitrogens with zero attached hydrogens (tertiary/aromatic N) is 4. The molecule has 2 heterocycles. The van der Waals surface area contributed by atoms with Crippen molar-refractivity contribution in [2.75, 3.05) is 0 Å². The van der Waals surface area contributed by atoms with Crippen LogP contribution < -0.4 is 0 Å². The van der Waals surface area contributed by atoms with Crippen LogP contribution in [-0.4, -0.2) is 19.7 Å². The van der Waals surface area contributed by atoms with Crippen LogP contribution >= 0.6 is 11.6 Å². The second-order valence-electron chi connectivity index (χ2n) is 2.36. The van der Waals surface area contributed by atoms with Crippen molar-refractivity contribution in [2.24, 2.45) is 0 Å². The normalized spacial score (nSPS) is 10.8. The molecule has 0 aromatic carbocycles. The molecule has 0 spiro atoms. The fourth-order valence-electron chi connectivity index (χ4n) is 1.06. The summed E-state index contributed by atoms with van der Waals surface area (Å²) in [6.07, 6.45) is 3.20. The smallest absolute Gasteiger partial charge is 0.178 e. The van der Waals surface area contributed by atoms with Crippen molar-refractivity contribution in [3.63, 3.8) is 0 Å². The zero-order valence-electron chi connectivity index (χ0n) is 6.53. The first-order valence-electron chi connectivity index (χ1n) is 3.65. The molecule has 0 saturated carbocycles. The molecule has 4 nitrogen and oxygen atoms in total. The van der Waals surface area contributed by atoms with Gasteiger partial charge in [0.05, 0.1) is 12.4 Å². The molecule has 0 amide bonds. The SMILES string of the molecule is CCn1ncc2ncc(Cl)nc21. The van der Waals surface area contributed by atoms with Crippen molar-refractivity contribution in [1.29, 1.82) is 0 Å². The van der Waals surface area contributed by atoms with E-state index < -0.39 is 0 Å². The lowest BCUT2D eigenvalue weighted by atomic mass is 10.5. The number of aromatic nitrogens is 4. The van der Waals surface area contributed by atoms with Crippen LogP contribution in [0.5, 0.6) is 0 Å². The van der Waals surface area contributed by atoms with Crippen LogP contribution in [0.2, 0.25) is 5.15 Å². The van der Waals surface area contributed by atoms with E-state index in [4.69, 9.17) is 11.6 Å². The highest BCUT2D eigenvalue weighted by molar-refractivity contribution is 6.29. The summed E-state index contributed by atoms with van der Waals surface area (Å²) < 4.78 is 1.76. The van der Waals surface area contributed by atoms with Gasteiger partial charge < -0.3 is 0 Å². The van der Waals surface area contributed by atoms with Crippen LogP contribution in [0, 0.1) is 0 Å². The fraction of sp³-hybridized carbons (Fsp3) is 0.286. The Hall–Kier alpha value is -1.16. The Kier molecular flexibility index (Phi) is 1.69. The Morgan fingerprint density at radius 3 is 3.08 bits per heavy atom. The number of hydrogen-bond acceptors (Lipinski definition) is 3.